The maximum absolute atomic E-state index is 5.36. The summed E-state index contributed by atoms with van der Waals surface area (Å²) in [7, 11) is 3.91. The minimum Gasteiger partial charge on any atom is -0.482 e. The molecule has 1 aliphatic heterocycles. The second-order valence-electron chi connectivity index (χ2n) is 5.50. The summed E-state index contributed by atoms with van der Waals surface area (Å²) in [4.78, 5) is 7.13. The van der Waals surface area contributed by atoms with Crippen LogP contribution in [0.15, 0.2) is 24.4 Å². The molecule has 1 unspecified atom stereocenters. The molecule has 102 valence electrons. The molecule has 4 nitrogen and oxygen atoms in total. The third-order valence-corrected chi connectivity index (χ3v) is 3.93. The van der Waals surface area contributed by atoms with Crippen LogP contribution >= 0.6 is 0 Å². The van der Waals surface area contributed by atoms with E-state index in [2.05, 4.69) is 18.1 Å². The summed E-state index contributed by atoms with van der Waals surface area (Å²) < 4.78 is 7.39. The van der Waals surface area contributed by atoms with Crippen LogP contribution in [0, 0.1) is 5.92 Å². The summed E-state index contributed by atoms with van der Waals surface area (Å²) in [6.45, 7) is 2.42. The molecule has 0 N–H and O–H groups in total. The maximum Gasteiger partial charge on any atom is 0.198 e. The second kappa shape index (κ2) is 5.21. The molecule has 2 aromatic rings. The van der Waals surface area contributed by atoms with E-state index in [0.717, 1.165) is 23.9 Å². The molecule has 0 spiro atoms. The first-order valence-corrected chi connectivity index (χ1v) is 6.96. The van der Waals surface area contributed by atoms with Crippen molar-refractivity contribution in [1.82, 2.24) is 14.3 Å². The lowest BCUT2D eigenvalue weighted by molar-refractivity contribution is 0.208. The molecular weight excluding hydrogens is 238 g/mol. The van der Waals surface area contributed by atoms with E-state index in [0.29, 0.717) is 0 Å². The molecule has 1 fully saturated rings. The van der Waals surface area contributed by atoms with Gasteiger partial charge in [0, 0.05) is 12.7 Å². The van der Waals surface area contributed by atoms with Gasteiger partial charge in [-0.05, 0) is 50.9 Å². The standard InChI is InChI=1S/C15H21N3O/c1-17-8-4-5-12(10-17)9-13-11-18-14(16-13)6-3-7-15(18)19-2/h3,6-7,11-12H,4-5,8-10H2,1-2H3. The minimum atomic E-state index is 0.731. The Morgan fingerprint density at radius 1 is 1.42 bits per heavy atom. The number of fused-ring (bicyclic) bond motifs is 1. The molecule has 1 aliphatic rings. The first kappa shape index (κ1) is 12.5. The van der Waals surface area contributed by atoms with Crippen molar-refractivity contribution in [3.05, 3.63) is 30.1 Å². The molecule has 1 atom stereocenters. The Morgan fingerprint density at radius 2 is 2.32 bits per heavy atom. The summed E-state index contributed by atoms with van der Waals surface area (Å²) in [5.74, 6) is 1.58. The van der Waals surface area contributed by atoms with Crippen molar-refractivity contribution < 1.29 is 4.74 Å². The highest BCUT2D eigenvalue weighted by atomic mass is 16.5. The fraction of sp³-hybridized carbons (Fsp3) is 0.533. The lowest BCUT2D eigenvalue weighted by atomic mass is 9.94. The Morgan fingerprint density at radius 3 is 3.11 bits per heavy atom. The first-order chi connectivity index (χ1) is 9.26. The van der Waals surface area contributed by atoms with E-state index in [1.54, 1.807) is 7.11 Å². The molecule has 3 rings (SSSR count). The monoisotopic (exact) mass is 259 g/mol. The summed E-state index contributed by atoms with van der Waals surface area (Å²) in [5.41, 5.74) is 2.14. The van der Waals surface area contributed by atoms with E-state index in [-0.39, 0.29) is 0 Å². The average Bonchev–Trinajstić information content (AvgIpc) is 2.80. The summed E-state index contributed by atoms with van der Waals surface area (Å²) in [6.07, 6.45) is 5.80. The highest BCUT2D eigenvalue weighted by Gasteiger charge is 2.18. The molecule has 0 amide bonds. The average molecular weight is 259 g/mol. The number of pyridine rings is 1. The predicted octanol–water partition coefficient (Wildman–Crippen LogP) is 2.23. The van der Waals surface area contributed by atoms with Gasteiger partial charge < -0.3 is 9.64 Å². The van der Waals surface area contributed by atoms with Crippen LogP contribution in [-0.2, 0) is 6.42 Å². The van der Waals surface area contributed by atoms with Gasteiger partial charge in [-0.3, -0.25) is 4.40 Å². The molecular formula is C15H21N3O. The van der Waals surface area contributed by atoms with Crippen LogP contribution in [0.2, 0.25) is 0 Å². The van der Waals surface area contributed by atoms with Crippen molar-refractivity contribution >= 4 is 5.65 Å². The van der Waals surface area contributed by atoms with E-state index in [9.17, 15) is 0 Å². The molecule has 0 bridgehead atoms. The summed E-state index contributed by atoms with van der Waals surface area (Å²) in [6, 6.07) is 5.98. The molecule has 1 saturated heterocycles. The van der Waals surface area contributed by atoms with Gasteiger partial charge in [-0.1, -0.05) is 6.07 Å². The molecule has 4 heteroatoms. The van der Waals surface area contributed by atoms with Gasteiger partial charge in [0.2, 0.25) is 0 Å². The van der Waals surface area contributed by atoms with E-state index in [1.165, 1.54) is 31.6 Å². The Labute approximate surface area is 114 Å². The number of aromatic nitrogens is 2. The van der Waals surface area contributed by atoms with Gasteiger partial charge in [-0.15, -0.1) is 0 Å². The van der Waals surface area contributed by atoms with E-state index in [1.807, 2.05) is 22.6 Å². The fourth-order valence-corrected chi connectivity index (χ4v) is 3.04. The lowest BCUT2D eigenvalue weighted by Gasteiger charge is -2.29. The van der Waals surface area contributed by atoms with Crippen molar-refractivity contribution in [2.75, 3.05) is 27.2 Å². The molecule has 19 heavy (non-hydrogen) atoms. The van der Waals surface area contributed by atoms with Gasteiger partial charge in [0.15, 0.2) is 5.88 Å². The van der Waals surface area contributed by atoms with Crippen LogP contribution in [0.3, 0.4) is 0 Å². The fourth-order valence-electron chi connectivity index (χ4n) is 3.04. The number of likely N-dealkylation sites (tertiary alicyclic amines) is 1. The number of piperidine rings is 1. The number of ether oxygens (including phenoxy) is 1. The van der Waals surface area contributed by atoms with E-state index >= 15 is 0 Å². The van der Waals surface area contributed by atoms with Gasteiger partial charge >= 0.3 is 0 Å². The van der Waals surface area contributed by atoms with Crippen LogP contribution in [0.1, 0.15) is 18.5 Å². The zero-order chi connectivity index (χ0) is 13.2. The second-order valence-corrected chi connectivity index (χ2v) is 5.50. The minimum absolute atomic E-state index is 0.731. The Bertz CT molecular complexity index is 564. The normalized spacial score (nSPS) is 20.8. The SMILES string of the molecule is COc1cccc2nc(CC3CCCN(C)C3)cn12. The first-order valence-electron chi connectivity index (χ1n) is 6.96. The molecule has 3 heterocycles. The molecule has 0 saturated carbocycles. The molecule has 0 aliphatic carbocycles. The zero-order valence-corrected chi connectivity index (χ0v) is 11.7. The topological polar surface area (TPSA) is 29.8 Å². The van der Waals surface area contributed by atoms with E-state index < -0.39 is 0 Å². The Kier molecular flexibility index (Phi) is 3.42. The number of rotatable bonds is 3. The Hall–Kier alpha value is -1.55. The van der Waals surface area contributed by atoms with E-state index in [4.69, 9.17) is 9.72 Å². The van der Waals surface area contributed by atoms with Crippen LogP contribution in [-0.4, -0.2) is 41.5 Å². The highest BCUT2D eigenvalue weighted by Crippen LogP contribution is 2.21. The Balaban J connectivity index is 1.81. The van der Waals surface area contributed by atoms with Gasteiger partial charge in [-0.2, -0.15) is 0 Å². The lowest BCUT2D eigenvalue weighted by Crippen LogP contribution is -2.33. The van der Waals surface area contributed by atoms with Crippen molar-refractivity contribution in [2.24, 2.45) is 5.92 Å². The number of hydrogen-bond acceptors (Lipinski definition) is 3. The summed E-state index contributed by atoms with van der Waals surface area (Å²) >= 11 is 0. The van der Waals surface area contributed by atoms with Gasteiger partial charge in [0.1, 0.15) is 5.65 Å². The number of imidazole rings is 1. The van der Waals surface area contributed by atoms with Gasteiger partial charge in [0.05, 0.1) is 12.8 Å². The van der Waals surface area contributed by atoms with Gasteiger partial charge in [-0.25, -0.2) is 4.98 Å². The number of methoxy groups -OCH3 is 1. The van der Waals surface area contributed by atoms with Crippen LogP contribution < -0.4 is 4.74 Å². The third kappa shape index (κ3) is 2.59. The van der Waals surface area contributed by atoms with Crippen molar-refractivity contribution in [3.63, 3.8) is 0 Å². The molecule has 0 aromatic carbocycles. The molecule has 2 aromatic heterocycles. The van der Waals surface area contributed by atoms with Crippen molar-refractivity contribution in [1.29, 1.82) is 0 Å². The number of nitrogens with zero attached hydrogens (tertiary/aromatic N) is 3. The van der Waals surface area contributed by atoms with Crippen molar-refractivity contribution in [2.45, 2.75) is 19.3 Å². The van der Waals surface area contributed by atoms with Gasteiger partial charge in [0.25, 0.3) is 0 Å². The smallest absolute Gasteiger partial charge is 0.198 e. The largest absolute Gasteiger partial charge is 0.482 e. The highest BCUT2D eigenvalue weighted by molar-refractivity contribution is 5.43. The maximum atomic E-state index is 5.36. The molecule has 0 radical (unpaired) electrons. The number of hydrogen-bond donors (Lipinski definition) is 0. The van der Waals surface area contributed by atoms with Crippen LogP contribution in [0.4, 0.5) is 0 Å². The third-order valence-electron chi connectivity index (χ3n) is 3.93. The van der Waals surface area contributed by atoms with Crippen LogP contribution in [0.5, 0.6) is 5.88 Å². The zero-order valence-electron chi connectivity index (χ0n) is 11.7. The van der Waals surface area contributed by atoms with Crippen molar-refractivity contribution in [3.8, 4) is 5.88 Å². The quantitative estimate of drug-likeness (QED) is 0.846. The predicted molar refractivity (Wildman–Crippen MR) is 75.7 cm³/mol. The summed E-state index contributed by atoms with van der Waals surface area (Å²) in [5, 5.41) is 0. The van der Waals surface area contributed by atoms with Crippen LogP contribution in [0.25, 0.3) is 5.65 Å².